The van der Waals surface area contributed by atoms with E-state index in [-0.39, 0.29) is 30.5 Å². The van der Waals surface area contributed by atoms with E-state index in [0.717, 1.165) is 37.9 Å². The number of rotatable bonds is 10. The van der Waals surface area contributed by atoms with Crippen molar-refractivity contribution in [1.29, 1.82) is 5.26 Å². The van der Waals surface area contributed by atoms with Gasteiger partial charge in [-0.2, -0.15) is 5.26 Å². The number of piperidine rings is 1. The molecular weight excluding hydrogens is 459 g/mol. The van der Waals surface area contributed by atoms with E-state index in [1.165, 1.54) is 6.42 Å². The summed E-state index contributed by atoms with van der Waals surface area (Å²) in [6, 6.07) is 11.1. The van der Waals surface area contributed by atoms with Crippen LogP contribution in [0.15, 0.2) is 30.3 Å². The van der Waals surface area contributed by atoms with Crippen molar-refractivity contribution in [3.63, 3.8) is 0 Å². The molecule has 2 aliphatic rings. The molecule has 1 unspecified atom stereocenters. The first-order valence-corrected chi connectivity index (χ1v) is 13.0. The summed E-state index contributed by atoms with van der Waals surface area (Å²) in [5, 5.41) is 31.7. The summed E-state index contributed by atoms with van der Waals surface area (Å²) in [6.07, 6.45) is 4.89. The van der Waals surface area contributed by atoms with E-state index in [9.17, 15) is 24.9 Å². The highest BCUT2D eigenvalue weighted by Crippen LogP contribution is 2.29. The van der Waals surface area contributed by atoms with Crippen LogP contribution in [0.3, 0.4) is 0 Å². The zero-order valence-corrected chi connectivity index (χ0v) is 21.4. The molecule has 9 nitrogen and oxygen atoms in total. The first kappa shape index (κ1) is 28.0. The van der Waals surface area contributed by atoms with Gasteiger partial charge < -0.3 is 25.0 Å². The Morgan fingerprint density at radius 3 is 2.50 bits per heavy atom. The number of nitrogens with one attached hydrogen (secondary N) is 1. The summed E-state index contributed by atoms with van der Waals surface area (Å²) in [6.45, 7) is 6.71. The second-order valence-electron chi connectivity index (χ2n) is 10.5. The standard InChI is InChI=1S/C26H39BN4O5/c1-26(2,30-13-7-4-8-14-30)17-21(18-28)24(32)31-15-9-12-22(31)19-36-25(33)29-23(27(34)35)16-20-10-5-3-6-11-20/h3,5-6,10-11,21-23,34-35H,4,7-9,12-17,19H2,1-2H3,(H,29,33)/t21?,22-,23+/m1/s1. The fourth-order valence-corrected chi connectivity index (χ4v) is 5.28. The van der Waals surface area contributed by atoms with Crippen LogP contribution in [-0.4, -0.2) is 82.7 Å². The number of nitriles is 1. The zero-order chi connectivity index (χ0) is 26.1. The molecule has 3 rings (SSSR count). The van der Waals surface area contributed by atoms with Gasteiger partial charge in [0.1, 0.15) is 12.5 Å². The van der Waals surface area contributed by atoms with E-state index in [4.69, 9.17) is 4.74 Å². The fraction of sp³-hybridized carbons (Fsp3) is 0.654. The van der Waals surface area contributed by atoms with Gasteiger partial charge in [0.05, 0.1) is 18.1 Å². The van der Waals surface area contributed by atoms with Crippen molar-refractivity contribution in [2.45, 2.75) is 76.3 Å². The predicted molar refractivity (Wildman–Crippen MR) is 137 cm³/mol. The molecule has 3 N–H and O–H groups in total. The number of nitrogens with zero attached hydrogens (tertiary/aromatic N) is 3. The molecular formula is C26H39BN4O5. The SMILES string of the molecule is CC(C)(CC(C#N)C(=O)N1CCC[C@@H]1COC(=O)N[C@@H](Cc1ccccc1)B(O)O)N1CCCCC1. The first-order chi connectivity index (χ1) is 17.2. The van der Waals surface area contributed by atoms with Gasteiger partial charge in [0, 0.05) is 12.1 Å². The average molecular weight is 498 g/mol. The van der Waals surface area contributed by atoms with E-state index in [1.807, 2.05) is 30.3 Å². The van der Waals surface area contributed by atoms with Crippen LogP contribution in [0.2, 0.25) is 0 Å². The third kappa shape index (κ3) is 7.69. The van der Waals surface area contributed by atoms with Crippen LogP contribution < -0.4 is 5.32 Å². The second kappa shape index (κ2) is 13.1. The lowest BCUT2D eigenvalue weighted by molar-refractivity contribution is -0.136. The predicted octanol–water partition coefficient (Wildman–Crippen LogP) is 2.12. The summed E-state index contributed by atoms with van der Waals surface area (Å²) < 4.78 is 5.38. The third-order valence-corrected chi connectivity index (χ3v) is 7.40. The highest BCUT2D eigenvalue weighted by atomic mass is 16.5. The Morgan fingerprint density at radius 2 is 1.86 bits per heavy atom. The summed E-state index contributed by atoms with van der Waals surface area (Å²) >= 11 is 0. The van der Waals surface area contributed by atoms with Crippen LogP contribution in [0.5, 0.6) is 0 Å². The van der Waals surface area contributed by atoms with Crippen molar-refractivity contribution >= 4 is 19.1 Å². The molecule has 0 bridgehead atoms. The Hall–Kier alpha value is -2.61. The number of likely N-dealkylation sites (tertiary alicyclic amines) is 2. The summed E-state index contributed by atoms with van der Waals surface area (Å²) in [7, 11) is -1.75. The van der Waals surface area contributed by atoms with E-state index in [0.29, 0.717) is 19.4 Å². The van der Waals surface area contributed by atoms with Crippen LogP contribution in [-0.2, 0) is 16.0 Å². The molecule has 196 valence electrons. The molecule has 36 heavy (non-hydrogen) atoms. The Morgan fingerprint density at radius 1 is 1.17 bits per heavy atom. The minimum absolute atomic E-state index is 0.00911. The van der Waals surface area contributed by atoms with Crippen molar-refractivity contribution in [2.75, 3.05) is 26.2 Å². The molecule has 2 amide bonds. The van der Waals surface area contributed by atoms with E-state index in [2.05, 4.69) is 30.1 Å². The molecule has 10 heteroatoms. The first-order valence-electron chi connectivity index (χ1n) is 13.0. The van der Waals surface area contributed by atoms with Crippen LogP contribution in [0.1, 0.15) is 57.9 Å². The third-order valence-electron chi connectivity index (χ3n) is 7.40. The fourth-order valence-electron chi connectivity index (χ4n) is 5.28. The molecule has 0 aliphatic carbocycles. The topological polar surface area (TPSA) is 126 Å². The van der Waals surface area contributed by atoms with Gasteiger partial charge in [0.25, 0.3) is 0 Å². The van der Waals surface area contributed by atoms with Gasteiger partial charge in [0.15, 0.2) is 0 Å². The molecule has 2 saturated heterocycles. The number of carbonyl (C=O) groups excluding carboxylic acids is 2. The number of carbonyl (C=O) groups is 2. The Labute approximate surface area is 214 Å². The number of hydrogen-bond acceptors (Lipinski definition) is 7. The highest BCUT2D eigenvalue weighted by molar-refractivity contribution is 6.43. The van der Waals surface area contributed by atoms with Crippen molar-refractivity contribution in [3.05, 3.63) is 35.9 Å². The molecule has 2 heterocycles. The van der Waals surface area contributed by atoms with Crippen LogP contribution >= 0.6 is 0 Å². The van der Waals surface area contributed by atoms with E-state index >= 15 is 0 Å². The summed E-state index contributed by atoms with van der Waals surface area (Å²) in [4.78, 5) is 29.8. The van der Waals surface area contributed by atoms with Crippen LogP contribution in [0.4, 0.5) is 4.79 Å². The maximum atomic E-state index is 13.3. The summed E-state index contributed by atoms with van der Waals surface area (Å²) in [5.74, 6) is -1.89. The minimum Gasteiger partial charge on any atom is -0.447 e. The van der Waals surface area contributed by atoms with Gasteiger partial charge in [-0.15, -0.1) is 0 Å². The molecule has 2 aliphatic heterocycles. The van der Waals surface area contributed by atoms with Crippen molar-refractivity contribution in [1.82, 2.24) is 15.1 Å². The van der Waals surface area contributed by atoms with Gasteiger partial charge in [-0.3, -0.25) is 9.69 Å². The van der Waals surface area contributed by atoms with Gasteiger partial charge >= 0.3 is 13.2 Å². The van der Waals surface area contributed by atoms with Gasteiger partial charge in [-0.05, 0) is 71.0 Å². The molecule has 0 aromatic heterocycles. The van der Waals surface area contributed by atoms with E-state index in [1.54, 1.807) is 4.90 Å². The lowest BCUT2D eigenvalue weighted by Crippen LogP contribution is -2.50. The number of benzene rings is 1. The average Bonchev–Trinajstić information content (AvgIpc) is 3.35. The molecule has 0 spiro atoms. The quantitative estimate of drug-likeness (QED) is 0.422. The Balaban J connectivity index is 1.53. The molecule has 1 aromatic rings. The maximum absolute atomic E-state index is 13.3. The van der Waals surface area contributed by atoms with Crippen molar-refractivity contribution in [3.8, 4) is 6.07 Å². The molecule has 3 atom stereocenters. The number of alkyl carbamates (subject to hydrolysis) is 1. The molecule has 0 saturated carbocycles. The zero-order valence-electron chi connectivity index (χ0n) is 21.4. The lowest BCUT2D eigenvalue weighted by atomic mass is 9.76. The molecule has 2 fully saturated rings. The number of hydrogen-bond donors (Lipinski definition) is 3. The highest BCUT2D eigenvalue weighted by Gasteiger charge is 2.39. The number of amides is 2. The lowest BCUT2D eigenvalue weighted by Gasteiger charge is -2.42. The number of ether oxygens (including phenoxy) is 1. The Kier molecular flexibility index (Phi) is 10.2. The summed E-state index contributed by atoms with van der Waals surface area (Å²) in [5.41, 5.74) is 0.597. The minimum atomic E-state index is -1.75. The Bertz CT molecular complexity index is 901. The van der Waals surface area contributed by atoms with Gasteiger partial charge in [-0.1, -0.05) is 36.8 Å². The van der Waals surface area contributed by atoms with E-state index < -0.39 is 25.1 Å². The van der Waals surface area contributed by atoms with Gasteiger partial charge in [0.2, 0.25) is 5.91 Å². The van der Waals surface area contributed by atoms with Gasteiger partial charge in [-0.25, -0.2) is 4.79 Å². The normalized spacial score (nSPS) is 20.3. The molecule has 0 radical (unpaired) electrons. The second-order valence-corrected chi connectivity index (χ2v) is 10.5. The van der Waals surface area contributed by atoms with Crippen molar-refractivity contribution in [2.24, 2.45) is 5.92 Å². The largest absolute Gasteiger partial charge is 0.475 e. The monoisotopic (exact) mass is 498 g/mol. The smallest absolute Gasteiger partial charge is 0.447 e. The maximum Gasteiger partial charge on any atom is 0.475 e. The van der Waals surface area contributed by atoms with Crippen LogP contribution in [0.25, 0.3) is 0 Å². The van der Waals surface area contributed by atoms with Crippen molar-refractivity contribution < 1.29 is 24.4 Å². The molecule has 1 aromatic carbocycles. The van der Waals surface area contributed by atoms with Crippen LogP contribution in [0, 0.1) is 17.2 Å².